The molecule has 1 saturated heterocycles. The molecule has 0 bridgehead atoms. The van der Waals surface area contributed by atoms with Crippen molar-refractivity contribution in [1.29, 1.82) is 0 Å². The molecule has 1 amide bonds. The molecule has 0 spiro atoms. The molecular formula is C25H22F4N8O. The van der Waals surface area contributed by atoms with Crippen LogP contribution in [0.1, 0.15) is 16.2 Å². The summed E-state index contributed by atoms with van der Waals surface area (Å²) >= 11 is 0. The first-order valence-corrected chi connectivity index (χ1v) is 11.6. The molecule has 0 saturated carbocycles. The smallest absolute Gasteiger partial charge is 0.368 e. The lowest BCUT2D eigenvalue weighted by atomic mass is 10.2. The predicted molar refractivity (Wildman–Crippen MR) is 131 cm³/mol. The van der Waals surface area contributed by atoms with Crippen molar-refractivity contribution >= 4 is 17.3 Å². The van der Waals surface area contributed by atoms with Crippen molar-refractivity contribution in [2.45, 2.75) is 6.18 Å². The second-order valence-corrected chi connectivity index (χ2v) is 8.80. The fourth-order valence-electron chi connectivity index (χ4n) is 4.00. The summed E-state index contributed by atoms with van der Waals surface area (Å²) in [6, 6.07) is 8.66. The molecule has 196 valence electrons. The summed E-state index contributed by atoms with van der Waals surface area (Å²) in [6.45, 7) is 3.62. The van der Waals surface area contributed by atoms with Gasteiger partial charge in [0.25, 0.3) is 5.91 Å². The van der Waals surface area contributed by atoms with Crippen LogP contribution in [0.25, 0.3) is 16.9 Å². The van der Waals surface area contributed by atoms with Crippen molar-refractivity contribution < 1.29 is 22.4 Å². The van der Waals surface area contributed by atoms with Gasteiger partial charge in [0.2, 0.25) is 0 Å². The number of alkyl halides is 3. The number of likely N-dealkylation sites (N-methyl/N-ethyl adjacent to an activating group) is 1. The minimum absolute atomic E-state index is 0.0123. The van der Waals surface area contributed by atoms with Gasteiger partial charge in [0, 0.05) is 43.6 Å². The largest absolute Gasteiger partial charge is 0.433 e. The highest BCUT2D eigenvalue weighted by Crippen LogP contribution is 2.28. The van der Waals surface area contributed by atoms with Crippen LogP contribution in [0.5, 0.6) is 0 Å². The number of nitrogens with one attached hydrogen (secondary N) is 1. The first kappa shape index (κ1) is 25.3. The summed E-state index contributed by atoms with van der Waals surface area (Å²) in [4.78, 5) is 24.7. The highest BCUT2D eigenvalue weighted by molar-refractivity contribution is 6.03. The molecule has 4 heterocycles. The van der Waals surface area contributed by atoms with Crippen LogP contribution in [0.15, 0.2) is 61.1 Å². The summed E-state index contributed by atoms with van der Waals surface area (Å²) in [7, 11) is 2.08. The van der Waals surface area contributed by atoms with E-state index in [0.717, 1.165) is 56.1 Å². The highest BCUT2D eigenvalue weighted by Gasteiger charge is 2.33. The van der Waals surface area contributed by atoms with Gasteiger partial charge in [-0.3, -0.25) is 9.78 Å². The van der Waals surface area contributed by atoms with Gasteiger partial charge in [-0.15, -0.1) is 5.10 Å². The van der Waals surface area contributed by atoms with Crippen molar-refractivity contribution in [3.8, 4) is 16.9 Å². The second kappa shape index (κ2) is 10.2. The average molecular weight is 526 g/mol. The minimum Gasteiger partial charge on any atom is -0.368 e. The minimum atomic E-state index is -4.69. The van der Waals surface area contributed by atoms with Gasteiger partial charge in [-0.25, -0.2) is 14.1 Å². The van der Waals surface area contributed by atoms with Crippen LogP contribution < -0.4 is 10.2 Å². The third-order valence-electron chi connectivity index (χ3n) is 6.10. The van der Waals surface area contributed by atoms with Gasteiger partial charge in [-0.2, -0.15) is 13.2 Å². The van der Waals surface area contributed by atoms with E-state index in [1.54, 1.807) is 12.4 Å². The number of piperazine rings is 1. The first-order valence-electron chi connectivity index (χ1n) is 11.6. The van der Waals surface area contributed by atoms with Crippen LogP contribution in [0.4, 0.5) is 28.9 Å². The number of aromatic nitrogens is 5. The Morgan fingerprint density at radius 2 is 1.82 bits per heavy atom. The van der Waals surface area contributed by atoms with E-state index >= 15 is 0 Å². The quantitative estimate of drug-likeness (QED) is 0.395. The number of anilines is 2. The standard InChI is InChI=1S/C25H22F4N8O/c1-35-7-9-36(10-8-35)18-11-16(13-30-14-18)21-15-37(34-33-21)22-12-17(5-6-19(22)26)31-24(38)20-3-2-4-23(32-20)25(27,28)29/h2-6,11-15H,7-10H2,1H3,(H,31,38). The summed E-state index contributed by atoms with van der Waals surface area (Å²) in [6.07, 6.45) is 0.264. The molecule has 5 rings (SSSR count). The van der Waals surface area contributed by atoms with Crippen molar-refractivity contribution in [1.82, 2.24) is 29.9 Å². The van der Waals surface area contributed by atoms with Gasteiger partial charge in [0.05, 0.1) is 18.1 Å². The number of amides is 1. The number of benzene rings is 1. The Labute approximate surface area is 214 Å². The molecule has 1 N–H and O–H groups in total. The first-order chi connectivity index (χ1) is 18.2. The van der Waals surface area contributed by atoms with Crippen LogP contribution in [-0.4, -0.2) is 69.0 Å². The van der Waals surface area contributed by atoms with Gasteiger partial charge < -0.3 is 15.1 Å². The summed E-state index contributed by atoms with van der Waals surface area (Å²) in [5.74, 6) is -1.51. The number of rotatable bonds is 5. The predicted octanol–water partition coefficient (Wildman–Crippen LogP) is 3.89. The number of halogens is 4. The number of carbonyl (C=O) groups is 1. The van der Waals surface area contributed by atoms with Crippen LogP contribution in [0.2, 0.25) is 0 Å². The maximum atomic E-state index is 14.7. The van der Waals surface area contributed by atoms with E-state index in [2.05, 4.69) is 42.4 Å². The zero-order valence-corrected chi connectivity index (χ0v) is 20.2. The van der Waals surface area contributed by atoms with Crippen LogP contribution in [0, 0.1) is 5.82 Å². The van der Waals surface area contributed by atoms with Crippen LogP contribution >= 0.6 is 0 Å². The Bertz CT molecular complexity index is 1460. The van der Waals surface area contributed by atoms with Gasteiger partial charge in [-0.05, 0) is 43.4 Å². The van der Waals surface area contributed by atoms with Gasteiger partial charge in [0.1, 0.15) is 28.6 Å². The molecule has 3 aromatic heterocycles. The van der Waals surface area contributed by atoms with Gasteiger partial charge in [-0.1, -0.05) is 11.3 Å². The number of nitrogens with zero attached hydrogens (tertiary/aromatic N) is 7. The zero-order chi connectivity index (χ0) is 26.9. The number of hydrogen-bond donors (Lipinski definition) is 1. The topological polar surface area (TPSA) is 92.1 Å². The number of carbonyl (C=O) groups excluding carboxylic acids is 1. The Hall–Kier alpha value is -4.39. The molecule has 9 nitrogen and oxygen atoms in total. The normalized spacial score (nSPS) is 14.5. The third kappa shape index (κ3) is 5.47. The third-order valence-corrected chi connectivity index (χ3v) is 6.10. The van der Waals surface area contributed by atoms with E-state index in [0.29, 0.717) is 11.3 Å². The summed E-state index contributed by atoms with van der Waals surface area (Å²) in [5, 5.41) is 10.6. The lowest BCUT2D eigenvalue weighted by molar-refractivity contribution is -0.141. The average Bonchev–Trinajstić information content (AvgIpc) is 3.40. The van der Waals surface area contributed by atoms with Crippen LogP contribution in [-0.2, 0) is 6.18 Å². The summed E-state index contributed by atoms with van der Waals surface area (Å²) in [5.41, 5.74) is 0.628. The molecule has 1 aromatic carbocycles. The molecule has 1 fully saturated rings. The molecule has 0 aliphatic carbocycles. The number of pyridine rings is 2. The van der Waals surface area contributed by atoms with E-state index in [4.69, 9.17) is 0 Å². The highest BCUT2D eigenvalue weighted by atomic mass is 19.4. The van der Waals surface area contributed by atoms with Gasteiger partial charge in [0.15, 0.2) is 0 Å². The maximum absolute atomic E-state index is 14.7. The van der Waals surface area contributed by atoms with Crippen molar-refractivity contribution in [3.63, 3.8) is 0 Å². The molecular weight excluding hydrogens is 504 g/mol. The monoisotopic (exact) mass is 526 g/mol. The fraction of sp³-hybridized carbons (Fsp3) is 0.240. The fourth-order valence-corrected chi connectivity index (χ4v) is 4.00. The Kier molecular flexibility index (Phi) is 6.76. The van der Waals surface area contributed by atoms with E-state index in [1.807, 2.05) is 6.07 Å². The molecule has 0 atom stereocenters. The number of hydrogen-bond acceptors (Lipinski definition) is 7. The van der Waals surface area contributed by atoms with E-state index in [9.17, 15) is 22.4 Å². The molecule has 1 aliphatic heterocycles. The van der Waals surface area contributed by atoms with Crippen molar-refractivity contribution in [2.24, 2.45) is 0 Å². The maximum Gasteiger partial charge on any atom is 0.433 e. The SMILES string of the molecule is CN1CCN(c2cncc(-c3cn(-c4cc(NC(=O)c5cccc(C(F)(F)F)n5)ccc4F)nn3)c2)CC1. The molecule has 1 aliphatic rings. The Balaban J connectivity index is 1.36. The van der Waals surface area contributed by atoms with Crippen molar-refractivity contribution in [3.05, 3.63) is 78.3 Å². The van der Waals surface area contributed by atoms with Crippen molar-refractivity contribution in [2.75, 3.05) is 43.4 Å². The van der Waals surface area contributed by atoms with Crippen LogP contribution in [0.3, 0.4) is 0 Å². The Morgan fingerprint density at radius 3 is 2.58 bits per heavy atom. The molecule has 0 unspecified atom stereocenters. The molecule has 4 aromatic rings. The lowest BCUT2D eigenvalue weighted by Gasteiger charge is -2.33. The zero-order valence-electron chi connectivity index (χ0n) is 20.2. The van der Waals surface area contributed by atoms with E-state index in [-0.39, 0.29) is 11.4 Å². The van der Waals surface area contributed by atoms with E-state index < -0.39 is 29.3 Å². The summed E-state index contributed by atoms with van der Waals surface area (Å²) < 4.78 is 54.7. The molecule has 0 radical (unpaired) electrons. The second-order valence-electron chi connectivity index (χ2n) is 8.80. The molecule has 13 heteroatoms. The lowest BCUT2D eigenvalue weighted by Crippen LogP contribution is -2.44. The van der Waals surface area contributed by atoms with E-state index in [1.165, 1.54) is 23.0 Å². The van der Waals surface area contributed by atoms with Gasteiger partial charge >= 0.3 is 6.18 Å². The molecule has 38 heavy (non-hydrogen) atoms. The Morgan fingerprint density at radius 1 is 1.03 bits per heavy atom.